The van der Waals surface area contributed by atoms with Crippen molar-refractivity contribution < 1.29 is 52.3 Å². The van der Waals surface area contributed by atoms with E-state index in [1.165, 1.54) is 0 Å². The third-order valence-corrected chi connectivity index (χ3v) is 8.38. The van der Waals surface area contributed by atoms with Crippen molar-refractivity contribution in [3.63, 3.8) is 0 Å². The minimum atomic E-state index is -1.32. The van der Waals surface area contributed by atoms with E-state index in [0.717, 1.165) is 35.2 Å². The minimum absolute atomic E-state index is 0.0370. The van der Waals surface area contributed by atoms with Crippen molar-refractivity contribution in [1.29, 1.82) is 0 Å². The van der Waals surface area contributed by atoms with Crippen molar-refractivity contribution in [3.8, 4) is 34.5 Å². The highest BCUT2D eigenvalue weighted by Crippen LogP contribution is 2.55. The molecule has 228 valence electrons. The number of hydrogen-bond acceptors (Lipinski definition) is 9. The number of carboxylic acids is 1. The molecule has 1 N–H and O–H groups in total. The highest BCUT2D eigenvalue weighted by molar-refractivity contribution is 6.42. The lowest BCUT2D eigenvalue weighted by Crippen LogP contribution is -2.57. The molecule has 0 saturated heterocycles. The first-order valence-corrected chi connectivity index (χ1v) is 13.8. The maximum absolute atomic E-state index is 12.2. The fraction of sp³-hybridized carbons (Fsp3) is 0.467. The molecule has 0 saturated carbocycles. The maximum atomic E-state index is 12.2. The number of halogens is 1. The summed E-state index contributed by atoms with van der Waals surface area (Å²) in [6.45, 7) is 2.13. The van der Waals surface area contributed by atoms with E-state index < -0.39 is 17.0 Å². The number of fused-ring (bicyclic) bond motifs is 4. The van der Waals surface area contributed by atoms with Crippen LogP contribution in [-0.4, -0.2) is 83.9 Å². The zero-order valence-electron chi connectivity index (χ0n) is 24.7. The van der Waals surface area contributed by atoms with Crippen molar-refractivity contribution in [3.05, 3.63) is 45.5 Å². The van der Waals surface area contributed by atoms with Crippen LogP contribution in [0, 0.1) is 0 Å². The van der Waals surface area contributed by atoms with Crippen molar-refractivity contribution in [2.24, 2.45) is 0 Å². The fourth-order valence-corrected chi connectivity index (χ4v) is 6.48. The number of carbonyl (C=O) groups is 2. The van der Waals surface area contributed by atoms with Gasteiger partial charge in [0.2, 0.25) is 11.5 Å². The monoisotopic (exact) mass is 606 g/mol. The SMILES string of the molecule is COc1cc2c(c(OC)c1OC)C[N@@+]1(CCCOC(=O)/C(Cl)=C/C(=O)O)CCc3cc(OC)c(OC)c(OC)c3[C@H]1C2. The molecule has 42 heavy (non-hydrogen) atoms. The van der Waals surface area contributed by atoms with Gasteiger partial charge in [0.1, 0.15) is 17.6 Å². The van der Waals surface area contributed by atoms with Crippen molar-refractivity contribution in [1.82, 2.24) is 0 Å². The van der Waals surface area contributed by atoms with Crippen LogP contribution in [-0.2, 0) is 33.7 Å². The maximum Gasteiger partial charge on any atom is 0.350 e. The predicted molar refractivity (Wildman–Crippen MR) is 153 cm³/mol. The molecule has 2 heterocycles. The lowest BCUT2D eigenvalue weighted by molar-refractivity contribution is -0.973. The first-order valence-electron chi connectivity index (χ1n) is 13.4. The Morgan fingerprint density at radius 2 is 1.50 bits per heavy atom. The molecule has 4 rings (SSSR count). The standard InChI is InChI=1S/C30H36ClNO10/c1-36-22-13-17-8-10-32(9-7-11-42-30(35)20(31)15-24(33)34)16-19-18(14-23(37-2)27(39-4)26(19)38-3)12-21(32)25(17)29(41-6)28(22)40-5/h13-15,21H,7-12,16H2,1-6H3/p+1/b20-15-/t21-,32-/m1/s1. The number of ether oxygens (including phenoxy) is 7. The molecule has 0 aliphatic carbocycles. The van der Waals surface area contributed by atoms with Gasteiger partial charge in [-0.2, -0.15) is 0 Å². The van der Waals surface area contributed by atoms with Gasteiger partial charge in [-0.3, -0.25) is 0 Å². The van der Waals surface area contributed by atoms with Gasteiger partial charge in [-0.1, -0.05) is 11.6 Å². The molecule has 11 nitrogen and oxygen atoms in total. The smallest absolute Gasteiger partial charge is 0.350 e. The summed E-state index contributed by atoms with van der Waals surface area (Å²) in [5.74, 6) is 1.32. The summed E-state index contributed by atoms with van der Waals surface area (Å²) < 4.78 is 40.5. The average molecular weight is 607 g/mol. The molecule has 2 aromatic carbocycles. The summed E-state index contributed by atoms with van der Waals surface area (Å²) >= 11 is 5.78. The van der Waals surface area contributed by atoms with Crippen molar-refractivity contribution in [2.45, 2.75) is 31.8 Å². The van der Waals surface area contributed by atoms with Crippen LogP contribution in [0.4, 0.5) is 0 Å². The van der Waals surface area contributed by atoms with Gasteiger partial charge in [-0.05, 0) is 23.3 Å². The molecule has 0 amide bonds. The van der Waals surface area contributed by atoms with Gasteiger partial charge in [0.25, 0.3) is 0 Å². The molecule has 0 fully saturated rings. The van der Waals surface area contributed by atoms with E-state index >= 15 is 0 Å². The first-order chi connectivity index (χ1) is 20.2. The Labute approximate surface area is 250 Å². The molecule has 0 unspecified atom stereocenters. The molecule has 2 aliphatic heterocycles. The molecule has 2 atom stereocenters. The number of aliphatic carboxylic acids is 1. The summed E-state index contributed by atoms with van der Waals surface area (Å²) in [5.41, 5.74) is 4.27. The van der Waals surface area contributed by atoms with Crippen molar-refractivity contribution in [2.75, 3.05) is 62.4 Å². The molecule has 12 heteroatoms. The quantitative estimate of drug-likeness (QED) is 0.164. The number of methoxy groups -OCH3 is 6. The third-order valence-electron chi connectivity index (χ3n) is 8.11. The number of benzene rings is 2. The van der Waals surface area contributed by atoms with E-state index in [9.17, 15) is 9.59 Å². The predicted octanol–water partition coefficient (Wildman–Crippen LogP) is 4.05. The largest absolute Gasteiger partial charge is 0.493 e. The van der Waals surface area contributed by atoms with Crippen molar-refractivity contribution >= 4 is 23.5 Å². The first kappa shape index (κ1) is 31.1. The van der Waals surface area contributed by atoms with Crippen LogP contribution in [0.15, 0.2) is 23.2 Å². The van der Waals surface area contributed by atoms with Gasteiger partial charge in [0.05, 0.1) is 73.5 Å². The Morgan fingerprint density at radius 3 is 2.07 bits per heavy atom. The Bertz CT molecular complexity index is 1390. The minimum Gasteiger partial charge on any atom is -0.493 e. The summed E-state index contributed by atoms with van der Waals surface area (Å²) in [6.07, 6.45) is 2.53. The Hall–Kier alpha value is -3.83. The molecule has 0 radical (unpaired) electrons. The molecule has 2 aromatic rings. The van der Waals surface area contributed by atoms with E-state index in [4.69, 9.17) is 49.9 Å². The molecule has 0 aromatic heterocycles. The normalized spacial score (nSPS) is 19.0. The number of carbonyl (C=O) groups excluding carboxylic acids is 1. The van der Waals surface area contributed by atoms with Crippen LogP contribution in [0.1, 0.15) is 34.7 Å². The lowest BCUT2D eigenvalue weighted by atomic mass is 9.80. The summed E-state index contributed by atoms with van der Waals surface area (Å²) in [6, 6.07) is 3.99. The van der Waals surface area contributed by atoms with Gasteiger partial charge in [0.15, 0.2) is 23.0 Å². The van der Waals surface area contributed by atoms with Crippen LogP contribution in [0.25, 0.3) is 0 Å². The number of carboxylic acid groups (broad SMARTS) is 1. The van der Waals surface area contributed by atoms with Gasteiger partial charge in [-0.15, -0.1) is 0 Å². The second kappa shape index (κ2) is 13.0. The Morgan fingerprint density at radius 1 is 0.905 bits per heavy atom. The number of nitrogens with zero attached hydrogens (tertiary/aromatic N) is 1. The molecule has 0 bridgehead atoms. The van der Waals surface area contributed by atoms with Gasteiger partial charge < -0.3 is 42.7 Å². The van der Waals surface area contributed by atoms with Gasteiger partial charge in [0, 0.05) is 25.3 Å². The van der Waals surface area contributed by atoms with Crippen LogP contribution < -0.4 is 28.4 Å². The zero-order valence-corrected chi connectivity index (χ0v) is 25.5. The van der Waals surface area contributed by atoms with E-state index in [1.807, 2.05) is 12.1 Å². The summed E-state index contributed by atoms with van der Waals surface area (Å²) in [5, 5.41) is 8.38. The average Bonchev–Trinajstić information content (AvgIpc) is 2.99. The molecule has 2 aliphatic rings. The lowest BCUT2D eigenvalue weighted by Gasteiger charge is -2.52. The topological polar surface area (TPSA) is 119 Å². The van der Waals surface area contributed by atoms with E-state index in [0.29, 0.717) is 71.0 Å². The highest BCUT2D eigenvalue weighted by atomic mass is 35.5. The highest BCUT2D eigenvalue weighted by Gasteiger charge is 2.49. The van der Waals surface area contributed by atoms with Crippen LogP contribution >= 0.6 is 11.6 Å². The van der Waals surface area contributed by atoms with E-state index in [2.05, 4.69) is 0 Å². The van der Waals surface area contributed by atoms with Crippen LogP contribution in [0.3, 0.4) is 0 Å². The fourth-order valence-electron chi connectivity index (χ4n) is 6.33. The summed E-state index contributed by atoms with van der Waals surface area (Å²) in [7, 11) is 9.63. The number of quaternary nitrogens is 1. The third kappa shape index (κ3) is 5.63. The molecule has 0 spiro atoms. The second-order valence-corrected chi connectivity index (χ2v) is 10.5. The Balaban J connectivity index is 1.79. The van der Waals surface area contributed by atoms with Gasteiger partial charge in [-0.25, -0.2) is 9.59 Å². The van der Waals surface area contributed by atoms with Crippen LogP contribution in [0.2, 0.25) is 0 Å². The summed E-state index contributed by atoms with van der Waals surface area (Å²) in [4.78, 5) is 23.1. The van der Waals surface area contributed by atoms with Crippen LogP contribution in [0.5, 0.6) is 34.5 Å². The van der Waals surface area contributed by atoms with E-state index in [1.54, 1.807) is 42.7 Å². The Kier molecular flexibility index (Phi) is 9.63. The van der Waals surface area contributed by atoms with E-state index in [-0.39, 0.29) is 12.6 Å². The van der Waals surface area contributed by atoms with Gasteiger partial charge >= 0.3 is 11.9 Å². The molecular weight excluding hydrogens is 570 g/mol. The second-order valence-electron chi connectivity index (χ2n) is 10.1. The zero-order chi connectivity index (χ0) is 30.6. The number of rotatable bonds is 12. The number of hydrogen-bond donors (Lipinski definition) is 1. The number of esters is 1. The molecular formula is C30H37ClNO10+.